The van der Waals surface area contributed by atoms with E-state index in [-0.39, 0.29) is 16.7 Å². The van der Waals surface area contributed by atoms with Crippen LogP contribution in [0.2, 0.25) is 5.02 Å². The van der Waals surface area contributed by atoms with Crippen LogP contribution in [0.4, 0.5) is 0 Å². The van der Waals surface area contributed by atoms with Gasteiger partial charge >= 0.3 is 5.97 Å². The Bertz CT molecular complexity index is 1470. The Hall–Kier alpha value is -3.61. The molecule has 5 nitrogen and oxygen atoms in total. The SMILES string of the molecule is CN(C)C(=O)CCSC(c1cccc(C=Cc2ccc3ccc(Cl)cc3n2)c1)c1cccc(C(=O)O)c1. The number of fused-ring (bicyclic) bond motifs is 1. The van der Waals surface area contributed by atoms with E-state index >= 15 is 0 Å². The smallest absolute Gasteiger partial charge is 0.335 e. The molecule has 1 atom stereocenters. The molecule has 0 spiro atoms. The Labute approximate surface area is 225 Å². The molecule has 0 fully saturated rings. The first-order valence-corrected chi connectivity index (χ1v) is 13.2. The normalized spacial score (nSPS) is 12.1. The number of aromatic carboxylic acids is 1. The van der Waals surface area contributed by atoms with Crippen molar-refractivity contribution in [3.8, 4) is 0 Å². The van der Waals surface area contributed by atoms with E-state index in [0.717, 1.165) is 33.3 Å². The summed E-state index contributed by atoms with van der Waals surface area (Å²) < 4.78 is 0. The third-order valence-electron chi connectivity index (χ3n) is 5.87. The number of amides is 1. The van der Waals surface area contributed by atoms with Gasteiger partial charge in [0.05, 0.1) is 22.0 Å². The summed E-state index contributed by atoms with van der Waals surface area (Å²) in [5.74, 6) is -0.288. The van der Waals surface area contributed by atoms with E-state index in [1.54, 1.807) is 49.0 Å². The van der Waals surface area contributed by atoms with Crippen LogP contribution in [0.5, 0.6) is 0 Å². The number of nitrogens with zero attached hydrogens (tertiary/aromatic N) is 2. The fraction of sp³-hybridized carbons (Fsp3) is 0.167. The second kappa shape index (κ2) is 12.1. The molecule has 3 aromatic carbocycles. The first-order valence-electron chi connectivity index (χ1n) is 11.8. The molecule has 0 aliphatic rings. The van der Waals surface area contributed by atoms with Crippen LogP contribution in [0.1, 0.15) is 44.4 Å². The number of thioether (sulfide) groups is 1. The quantitative estimate of drug-likeness (QED) is 0.251. The molecule has 188 valence electrons. The zero-order chi connectivity index (χ0) is 26.4. The average molecular weight is 531 g/mol. The molecule has 1 N–H and O–H groups in total. The van der Waals surface area contributed by atoms with Crippen LogP contribution in [0, 0.1) is 0 Å². The van der Waals surface area contributed by atoms with Crippen LogP contribution in [0.25, 0.3) is 23.1 Å². The van der Waals surface area contributed by atoms with Gasteiger partial charge in [0.15, 0.2) is 0 Å². The molecule has 0 bridgehead atoms. The maximum absolute atomic E-state index is 12.1. The van der Waals surface area contributed by atoms with Crippen molar-refractivity contribution in [3.63, 3.8) is 0 Å². The van der Waals surface area contributed by atoms with E-state index in [1.165, 1.54) is 0 Å². The molecule has 4 aromatic rings. The third-order valence-corrected chi connectivity index (χ3v) is 7.42. The summed E-state index contributed by atoms with van der Waals surface area (Å²) in [5, 5.41) is 11.1. The second-order valence-corrected chi connectivity index (χ2v) is 10.4. The van der Waals surface area contributed by atoms with Crippen molar-refractivity contribution in [2.45, 2.75) is 11.7 Å². The van der Waals surface area contributed by atoms with Crippen molar-refractivity contribution in [1.29, 1.82) is 0 Å². The number of carboxylic acids is 1. The summed E-state index contributed by atoms with van der Waals surface area (Å²) in [4.78, 5) is 30.0. The molecule has 0 saturated heterocycles. The van der Waals surface area contributed by atoms with Crippen molar-refractivity contribution >= 4 is 58.3 Å². The highest BCUT2D eigenvalue weighted by atomic mass is 35.5. The molecule has 4 rings (SSSR count). The number of carbonyl (C=O) groups is 2. The standard InChI is InChI=1S/C30H27ClN2O3S/c1-33(2)28(34)15-16-37-29(23-7-4-8-24(18-23)30(35)36)22-6-3-5-20(17-22)9-13-26-14-11-21-10-12-25(31)19-27(21)32-26/h3-14,17-19,29H,15-16H2,1-2H3,(H,35,36). The number of carbonyl (C=O) groups excluding carboxylic acids is 1. The maximum Gasteiger partial charge on any atom is 0.335 e. The number of halogens is 1. The van der Waals surface area contributed by atoms with E-state index in [0.29, 0.717) is 17.2 Å². The lowest BCUT2D eigenvalue weighted by atomic mass is 10.00. The minimum atomic E-state index is -0.964. The fourth-order valence-corrected chi connectivity index (χ4v) is 5.29. The summed E-state index contributed by atoms with van der Waals surface area (Å²) in [6, 6.07) is 24.8. The van der Waals surface area contributed by atoms with Gasteiger partial charge in [0, 0.05) is 36.7 Å². The first kappa shape index (κ1) is 26.5. The summed E-state index contributed by atoms with van der Waals surface area (Å²) in [7, 11) is 3.49. The average Bonchev–Trinajstić information content (AvgIpc) is 2.89. The number of hydrogen-bond donors (Lipinski definition) is 1. The number of benzene rings is 3. The van der Waals surface area contributed by atoms with Crippen molar-refractivity contribution in [2.24, 2.45) is 0 Å². The molecule has 37 heavy (non-hydrogen) atoms. The zero-order valence-corrected chi connectivity index (χ0v) is 22.2. The number of carboxylic acid groups (broad SMARTS) is 1. The van der Waals surface area contributed by atoms with Gasteiger partial charge in [0.1, 0.15) is 0 Å². The van der Waals surface area contributed by atoms with Crippen molar-refractivity contribution in [3.05, 3.63) is 112 Å². The molecule has 0 saturated carbocycles. The molecular formula is C30H27ClN2O3S. The lowest BCUT2D eigenvalue weighted by molar-refractivity contribution is -0.128. The Morgan fingerprint density at radius 1 is 0.973 bits per heavy atom. The predicted octanol–water partition coefficient (Wildman–Crippen LogP) is 7.06. The van der Waals surface area contributed by atoms with Crippen LogP contribution in [-0.2, 0) is 4.79 Å². The maximum atomic E-state index is 12.1. The summed E-state index contributed by atoms with van der Waals surface area (Å²) in [5.41, 5.74) is 4.82. The summed E-state index contributed by atoms with van der Waals surface area (Å²) >= 11 is 7.75. The lowest BCUT2D eigenvalue weighted by Crippen LogP contribution is -2.22. The van der Waals surface area contributed by atoms with E-state index in [4.69, 9.17) is 11.6 Å². The van der Waals surface area contributed by atoms with E-state index in [1.807, 2.05) is 66.7 Å². The van der Waals surface area contributed by atoms with Gasteiger partial charge in [0.25, 0.3) is 0 Å². The number of pyridine rings is 1. The molecule has 1 amide bonds. The minimum absolute atomic E-state index is 0.0615. The highest BCUT2D eigenvalue weighted by molar-refractivity contribution is 7.99. The van der Waals surface area contributed by atoms with Gasteiger partial charge < -0.3 is 10.0 Å². The lowest BCUT2D eigenvalue weighted by Gasteiger charge is -2.19. The van der Waals surface area contributed by atoms with Crippen LogP contribution < -0.4 is 0 Å². The van der Waals surface area contributed by atoms with Gasteiger partial charge in [0.2, 0.25) is 5.91 Å². The van der Waals surface area contributed by atoms with Gasteiger partial charge in [-0.1, -0.05) is 66.2 Å². The Morgan fingerprint density at radius 3 is 2.46 bits per heavy atom. The van der Waals surface area contributed by atoms with Crippen molar-refractivity contribution < 1.29 is 14.7 Å². The minimum Gasteiger partial charge on any atom is -0.478 e. The van der Waals surface area contributed by atoms with Gasteiger partial charge in [-0.3, -0.25) is 4.79 Å². The van der Waals surface area contributed by atoms with Gasteiger partial charge in [-0.2, -0.15) is 0 Å². The van der Waals surface area contributed by atoms with E-state index in [2.05, 4.69) is 11.1 Å². The van der Waals surface area contributed by atoms with Gasteiger partial charge in [-0.05, 0) is 53.1 Å². The van der Waals surface area contributed by atoms with Crippen LogP contribution in [0.15, 0.2) is 78.9 Å². The molecule has 1 unspecified atom stereocenters. The number of rotatable bonds is 9. The largest absolute Gasteiger partial charge is 0.478 e. The molecule has 1 heterocycles. The van der Waals surface area contributed by atoms with Crippen LogP contribution >= 0.6 is 23.4 Å². The van der Waals surface area contributed by atoms with Crippen molar-refractivity contribution in [2.75, 3.05) is 19.8 Å². The zero-order valence-electron chi connectivity index (χ0n) is 20.6. The molecule has 7 heteroatoms. The predicted molar refractivity (Wildman–Crippen MR) is 153 cm³/mol. The topological polar surface area (TPSA) is 70.5 Å². The number of hydrogen-bond acceptors (Lipinski definition) is 4. The molecule has 0 aliphatic carbocycles. The second-order valence-electron chi connectivity index (χ2n) is 8.80. The summed E-state index contributed by atoms with van der Waals surface area (Å²) in [6.07, 6.45) is 4.37. The van der Waals surface area contributed by atoms with Crippen molar-refractivity contribution in [1.82, 2.24) is 9.88 Å². The van der Waals surface area contributed by atoms with E-state index in [9.17, 15) is 14.7 Å². The Morgan fingerprint density at radius 2 is 1.70 bits per heavy atom. The highest BCUT2D eigenvalue weighted by Crippen LogP contribution is 2.37. The van der Waals surface area contributed by atoms with Crippen LogP contribution in [0.3, 0.4) is 0 Å². The van der Waals surface area contributed by atoms with Crippen LogP contribution in [-0.4, -0.2) is 46.7 Å². The molecule has 0 aliphatic heterocycles. The third kappa shape index (κ3) is 7.00. The monoisotopic (exact) mass is 530 g/mol. The Kier molecular flexibility index (Phi) is 8.64. The molecular weight excluding hydrogens is 504 g/mol. The number of aromatic nitrogens is 1. The molecule has 0 radical (unpaired) electrons. The first-order chi connectivity index (χ1) is 17.8. The highest BCUT2D eigenvalue weighted by Gasteiger charge is 2.18. The summed E-state index contributed by atoms with van der Waals surface area (Å²) in [6.45, 7) is 0. The molecule has 1 aromatic heterocycles. The van der Waals surface area contributed by atoms with E-state index < -0.39 is 5.97 Å². The fourth-order valence-electron chi connectivity index (χ4n) is 3.91. The van der Waals surface area contributed by atoms with Gasteiger partial charge in [-0.25, -0.2) is 9.78 Å². The van der Waals surface area contributed by atoms with Gasteiger partial charge in [-0.15, -0.1) is 11.8 Å². The Balaban J connectivity index is 1.61.